The molecule has 5 heteroatoms. The lowest BCUT2D eigenvalue weighted by atomic mass is 10.3. The van der Waals surface area contributed by atoms with Gasteiger partial charge in [0.1, 0.15) is 30.0 Å². The van der Waals surface area contributed by atoms with Crippen LogP contribution in [0, 0.1) is 0 Å². The molecule has 130 valence electrons. The number of nitrogens with zero attached hydrogens (tertiary/aromatic N) is 1. The summed E-state index contributed by atoms with van der Waals surface area (Å²) in [5.74, 6) is 2.95. The first-order valence-corrected chi connectivity index (χ1v) is 7.83. The van der Waals surface area contributed by atoms with Crippen LogP contribution < -0.4 is 14.2 Å². The van der Waals surface area contributed by atoms with E-state index in [2.05, 4.69) is 4.98 Å². The van der Waals surface area contributed by atoms with Gasteiger partial charge in [-0.3, -0.25) is 0 Å². The van der Waals surface area contributed by atoms with E-state index in [4.69, 9.17) is 14.2 Å². The van der Waals surface area contributed by atoms with Crippen molar-refractivity contribution in [3.8, 4) is 23.1 Å². The second-order valence-electron chi connectivity index (χ2n) is 5.29. The molecule has 0 spiro atoms. The molecular formula is C20H20ClNO3. The number of pyridine rings is 1. The normalized spacial score (nSPS) is 11.1. The monoisotopic (exact) mass is 357 g/mol. The first-order chi connectivity index (χ1) is 11.8. The van der Waals surface area contributed by atoms with Gasteiger partial charge in [0.2, 0.25) is 5.88 Å². The van der Waals surface area contributed by atoms with Crippen LogP contribution in [0.1, 0.15) is 6.92 Å². The van der Waals surface area contributed by atoms with Gasteiger partial charge in [-0.1, -0.05) is 24.3 Å². The second-order valence-corrected chi connectivity index (χ2v) is 5.29. The molecule has 0 bridgehead atoms. The van der Waals surface area contributed by atoms with Crippen molar-refractivity contribution >= 4 is 12.4 Å². The van der Waals surface area contributed by atoms with Gasteiger partial charge < -0.3 is 14.2 Å². The van der Waals surface area contributed by atoms with Crippen LogP contribution in [0.5, 0.6) is 23.1 Å². The van der Waals surface area contributed by atoms with Crippen LogP contribution in [0.25, 0.3) is 0 Å². The van der Waals surface area contributed by atoms with Crippen LogP contribution >= 0.6 is 12.4 Å². The molecule has 0 aliphatic rings. The zero-order chi connectivity index (χ0) is 16.6. The van der Waals surface area contributed by atoms with Gasteiger partial charge in [-0.25, -0.2) is 4.98 Å². The van der Waals surface area contributed by atoms with E-state index >= 15 is 0 Å². The average molecular weight is 358 g/mol. The van der Waals surface area contributed by atoms with Crippen LogP contribution in [0.15, 0.2) is 79.0 Å². The Morgan fingerprint density at radius 3 is 2.12 bits per heavy atom. The minimum Gasteiger partial charge on any atom is -0.490 e. The molecule has 3 rings (SSSR count). The molecule has 0 N–H and O–H groups in total. The van der Waals surface area contributed by atoms with Crippen molar-refractivity contribution in [3.05, 3.63) is 79.0 Å². The number of halogens is 1. The Morgan fingerprint density at radius 1 is 0.800 bits per heavy atom. The molecule has 0 amide bonds. The molecule has 0 fully saturated rings. The van der Waals surface area contributed by atoms with E-state index in [-0.39, 0.29) is 18.5 Å². The fraction of sp³-hybridized carbons (Fsp3) is 0.150. The van der Waals surface area contributed by atoms with Crippen molar-refractivity contribution in [1.29, 1.82) is 0 Å². The quantitative estimate of drug-likeness (QED) is 0.587. The highest BCUT2D eigenvalue weighted by atomic mass is 35.5. The highest BCUT2D eigenvalue weighted by molar-refractivity contribution is 5.85. The Bertz CT molecular complexity index is 736. The minimum atomic E-state index is -0.0971. The molecule has 1 heterocycles. The topological polar surface area (TPSA) is 40.6 Å². The van der Waals surface area contributed by atoms with Gasteiger partial charge in [-0.2, -0.15) is 0 Å². The summed E-state index contributed by atoms with van der Waals surface area (Å²) in [7, 11) is 0. The maximum absolute atomic E-state index is 5.75. The summed E-state index contributed by atoms with van der Waals surface area (Å²) in [5.41, 5.74) is 0. The predicted molar refractivity (Wildman–Crippen MR) is 100 cm³/mol. The fourth-order valence-electron chi connectivity index (χ4n) is 2.10. The highest BCUT2D eigenvalue weighted by Gasteiger charge is 2.06. The number of hydrogen-bond donors (Lipinski definition) is 0. The maximum atomic E-state index is 5.75. The third-order valence-corrected chi connectivity index (χ3v) is 3.25. The lowest BCUT2D eigenvalue weighted by molar-refractivity contribution is 0.138. The summed E-state index contributed by atoms with van der Waals surface area (Å²) < 4.78 is 17.2. The molecule has 4 nitrogen and oxygen atoms in total. The number of ether oxygens (including phenoxy) is 3. The third-order valence-electron chi connectivity index (χ3n) is 3.25. The van der Waals surface area contributed by atoms with Gasteiger partial charge in [0.15, 0.2) is 0 Å². The summed E-state index contributed by atoms with van der Waals surface area (Å²) in [4.78, 5) is 4.13. The van der Waals surface area contributed by atoms with Gasteiger partial charge >= 0.3 is 0 Å². The Labute approximate surface area is 153 Å². The molecule has 25 heavy (non-hydrogen) atoms. The molecule has 0 aliphatic carbocycles. The van der Waals surface area contributed by atoms with E-state index in [1.165, 1.54) is 0 Å². The molecule has 1 unspecified atom stereocenters. The van der Waals surface area contributed by atoms with Crippen LogP contribution in [0.2, 0.25) is 0 Å². The number of rotatable bonds is 7. The SMILES string of the molecule is CC(COc1ccc(Oc2ccccc2)cc1)Oc1ccccn1.Cl. The van der Waals surface area contributed by atoms with Gasteiger partial charge in [-0.15, -0.1) is 12.4 Å². The van der Waals surface area contributed by atoms with Crippen molar-refractivity contribution in [3.63, 3.8) is 0 Å². The Kier molecular flexibility index (Phi) is 7.11. The molecular weight excluding hydrogens is 338 g/mol. The van der Waals surface area contributed by atoms with Gasteiger partial charge in [0, 0.05) is 12.3 Å². The maximum Gasteiger partial charge on any atom is 0.213 e. The molecule has 1 atom stereocenters. The summed E-state index contributed by atoms with van der Waals surface area (Å²) in [6.07, 6.45) is 1.61. The molecule has 2 aromatic carbocycles. The van der Waals surface area contributed by atoms with E-state index in [0.717, 1.165) is 17.2 Å². The Balaban J connectivity index is 0.00000225. The van der Waals surface area contributed by atoms with E-state index < -0.39 is 0 Å². The van der Waals surface area contributed by atoms with Gasteiger partial charge in [-0.05, 0) is 49.4 Å². The average Bonchev–Trinajstić information content (AvgIpc) is 2.63. The predicted octanol–water partition coefficient (Wildman–Crippen LogP) is 5.14. The highest BCUT2D eigenvalue weighted by Crippen LogP contribution is 2.23. The Hall–Kier alpha value is -2.72. The zero-order valence-corrected chi connectivity index (χ0v) is 14.7. The van der Waals surface area contributed by atoms with E-state index in [1.54, 1.807) is 6.20 Å². The van der Waals surface area contributed by atoms with Crippen molar-refractivity contribution in [2.24, 2.45) is 0 Å². The summed E-state index contributed by atoms with van der Waals surface area (Å²) in [6, 6.07) is 22.8. The lowest BCUT2D eigenvalue weighted by Gasteiger charge is -2.15. The largest absolute Gasteiger partial charge is 0.490 e. The Morgan fingerprint density at radius 2 is 1.44 bits per heavy atom. The van der Waals surface area contributed by atoms with Crippen molar-refractivity contribution in [2.75, 3.05) is 6.61 Å². The zero-order valence-electron chi connectivity index (χ0n) is 13.9. The molecule has 0 saturated carbocycles. The van der Waals surface area contributed by atoms with E-state index in [1.807, 2.05) is 79.7 Å². The third kappa shape index (κ3) is 6.01. The minimum absolute atomic E-state index is 0. The molecule has 0 aliphatic heterocycles. The summed E-state index contributed by atoms with van der Waals surface area (Å²) in [5, 5.41) is 0. The van der Waals surface area contributed by atoms with E-state index in [9.17, 15) is 0 Å². The molecule has 0 radical (unpaired) electrons. The van der Waals surface area contributed by atoms with E-state index in [0.29, 0.717) is 12.5 Å². The second kappa shape index (κ2) is 9.55. The lowest BCUT2D eigenvalue weighted by Crippen LogP contribution is -2.21. The van der Waals surface area contributed by atoms with Gasteiger partial charge in [0.25, 0.3) is 0 Å². The summed E-state index contributed by atoms with van der Waals surface area (Å²) >= 11 is 0. The first kappa shape index (κ1) is 18.6. The smallest absolute Gasteiger partial charge is 0.213 e. The number of hydrogen-bond acceptors (Lipinski definition) is 4. The van der Waals surface area contributed by atoms with Crippen LogP contribution in [0.3, 0.4) is 0 Å². The number of para-hydroxylation sites is 1. The summed E-state index contributed by atoms with van der Waals surface area (Å²) in [6.45, 7) is 2.39. The van der Waals surface area contributed by atoms with Crippen LogP contribution in [-0.4, -0.2) is 17.7 Å². The van der Waals surface area contributed by atoms with Crippen LogP contribution in [0.4, 0.5) is 0 Å². The molecule has 0 saturated heterocycles. The van der Waals surface area contributed by atoms with Crippen molar-refractivity contribution in [1.82, 2.24) is 4.98 Å². The molecule has 3 aromatic rings. The number of benzene rings is 2. The standard InChI is InChI=1S/C20H19NO3.ClH/c1-16(23-20-9-5-6-14-21-20)15-22-17-10-12-19(13-11-17)24-18-7-3-2-4-8-18;/h2-14,16H,15H2,1H3;1H. The van der Waals surface area contributed by atoms with Crippen molar-refractivity contribution < 1.29 is 14.2 Å². The van der Waals surface area contributed by atoms with Crippen LogP contribution in [-0.2, 0) is 0 Å². The van der Waals surface area contributed by atoms with Gasteiger partial charge in [0.05, 0.1) is 0 Å². The number of aromatic nitrogens is 1. The van der Waals surface area contributed by atoms with Crippen molar-refractivity contribution in [2.45, 2.75) is 13.0 Å². The molecule has 1 aromatic heterocycles. The fourth-order valence-corrected chi connectivity index (χ4v) is 2.10. The first-order valence-electron chi connectivity index (χ1n) is 7.83.